The Bertz CT molecular complexity index is 826. The number of imide groups is 1. The van der Waals surface area contributed by atoms with Crippen molar-refractivity contribution in [2.45, 2.75) is 25.8 Å². The Morgan fingerprint density at radius 3 is 2.68 bits per heavy atom. The van der Waals surface area contributed by atoms with Gasteiger partial charge in [0.15, 0.2) is 11.5 Å². The first kappa shape index (κ1) is 19.5. The average Bonchev–Trinajstić information content (AvgIpc) is 3.18. The van der Waals surface area contributed by atoms with E-state index < -0.39 is 29.9 Å². The van der Waals surface area contributed by atoms with E-state index in [-0.39, 0.29) is 25.7 Å². The Kier molecular flexibility index (Phi) is 5.39. The second-order valence-electron chi connectivity index (χ2n) is 6.75. The number of nitrogens with zero attached hydrogens (tertiary/aromatic N) is 1. The molecule has 3 N–H and O–H groups in total. The molecule has 0 spiro atoms. The predicted octanol–water partition coefficient (Wildman–Crippen LogP) is -0.479. The third-order valence-corrected chi connectivity index (χ3v) is 4.46. The first-order chi connectivity index (χ1) is 13.3. The molecule has 1 aromatic carbocycles. The summed E-state index contributed by atoms with van der Waals surface area (Å²) in [5, 5.41) is 7.57. The summed E-state index contributed by atoms with van der Waals surface area (Å²) in [5.41, 5.74) is -0.409. The van der Waals surface area contributed by atoms with Crippen molar-refractivity contribution in [1.82, 2.24) is 20.9 Å². The van der Waals surface area contributed by atoms with E-state index in [2.05, 4.69) is 16.0 Å². The molecule has 0 unspecified atom stereocenters. The van der Waals surface area contributed by atoms with Crippen LogP contribution < -0.4 is 25.4 Å². The van der Waals surface area contributed by atoms with E-state index in [1.165, 1.54) is 0 Å². The molecule has 0 bridgehead atoms. The van der Waals surface area contributed by atoms with Crippen LogP contribution in [0.5, 0.6) is 11.5 Å². The van der Waals surface area contributed by atoms with E-state index in [1.807, 2.05) is 0 Å². The summed E-state index contributed by atoms with van der Waals surface area (Å²) in [6.45, 7) is 3.27. The Morgan fingerprint density at radius 2 is 1.93 bits per heavy atom. The van der Waals surface area contributed by atoms with E-state index >= 15 is 0 Å². The van der Waals surface area contributed by atoms with Crippen LogP contribution in [0.3, 0.4) is 0 Å². The monoisotopic (exact) mass is 390 g/mol. The molecule has 10 heteroatoms. The Labute approximate surface area is 161 Å². The van der Waals surface area contributed by atoms with Crippen LogP contribution in [0.4, 0.5) is 4.79 Å². The van der Waals surface area contributed by atoms with Gasteiger partial charge in [0.1, 0.15) is 12.1 Å². The maximum Gasteiger partial charge on any atom is 0.325 e. The highest BCUT2D eigenvalue weighted by molar-refractivity contribution is 6.09. The number of likely N-dealkylation sites (N-methyl/N-ethyl adjacent to an activating group) is 1. The zero-order valence-electron chi connectivity index (χ0n) is 15.7. The lowest BCUT2D eigenvalue weighted by Crippen LogP contribution is -2.47. The van der Waals surface area contributed by atoms with Crippen LogP contribution in [0.25, 0.3) is 0 Å². The third kappa shape index (κ3) is 4.00. The van der Waals surface area contributed by atoms with Gasteiger partial charge in [0.25, 0.3) is 5.91 Å². The minimum Gasteiger partial charge on any atom is -0.454 e. The van der Waals surface area contributed by atoms with Gasteiger partial charge >= 0.3 is 6.03 Å². The molecule has 28 heavy (non-hydrogen) atoms. The number of carbonyl (C=O) groups excluding carboxylic acids is 4. The average molecular weight is 390 g/mol. The van der Waals surface area contributed by atoms with Crippen LogP contribution in [0.15, 0.2) is 18.2 Å². The van der Waals surface area contributed by atoms with Crippen molar-refractivity contribution in [2.24, 2.45) is 0 Å². The fraction of sp³-hybridized carbons (Fsp3) is 0.444. The first-order valence-electron chi connectivity index (χ1n) is 8.88. The van der Waals surface area contributed by atoms with Crippen LogP contribution in [-0.4, -0.2) is 60.6 Å². The summed E-state index contributed by atoms with van der Waals surface area (Å²) in [6.07, 6.45) is 0.227. The first-order valence-corrected chi connectivity index (χ1v) is 8.88. The lowest BCUT2D eigenvalue weighted by Gasteiger charge is -2.21. The second-order valence-corrected chi connectivity index (χ2v) is 6.75. The van der Waals surface area contributed by atoms with Crippen molar-refractivity contribution in [3.63, 3.8) is 0 Å². The summed E-state index contributed by atoms with van der Waals surface area (Å²) >= 11 is 0. The van der Waals surface area contributed by atoms with Gasteiger partial charge in [-0.05, 0) is 31.5 Å². The molecule has 2 aliphatic rings. The highest BCUT2D eigenvalue weighted by Gasteiger charge is 2.48. The molecule has 1 fully saturated rings. The number of hydrogen-bond donors (Lipinski definition) is 3. The van der Waals surface area contributed by atoms with Crippen molar-refractivity contribution < 1.29 is 28.7 Å². The summed E-state index contributed by atoms with van der Waals surface area (Å²) in [6, 6.07) is 4.64. The number of rotatable bonds is 7. The minimum atomic E-state index is -1.19. The topological polar surface area (TPSA) is 126 Å². The normalized spacial score (nSPS) is 20.1. The molecule has 150 valence electrons. The molecule has 0 saturated carbocycles. The Morgan fingerprint density at radius 1 is 1.18 bits per heavy atom. The molecule has 2 heterocycles. The fourth-order valence-corrected chi connectivity index (χ4v) is 3.11. The van der Waals surface area contributed by atoms with Crippen molar-refractivity contribution in [3.8, 4) is 11.5 Å². The van der Waals surface area contributed by atoms with E-state index in [9.17, 15) is 19.2 Å². The minimum absolute atomic E-state index is 0.144. The smallest absolute Gasteiger partial charge is 0.325 e. The Balaban J connectivity index is 1.62. The molecular formula is C18H22N4O6. The number of benzene rings is 1. The third-order valence-electron chi connectivity index (χ3n) is 4.46. The molecule has 2 aliphatic heterocycles. The van der Waals surface area contributed by atoms with Gasteiger partial charge in [0.05, 0.1) is 6.54 Å². The number of fused-ring (bicyclic) bond motifs is 1. The lowest BCUT2D eigenvalue weighted by atomic mass is 9.92. The molecule has 10 nitrogen and oxygen atoms in total. The molecule has 0 aliphatic carbocycles. The maximum absolute atomic E-state index is 12.8. The van der Waals surface area contributed by atoms with E-state index in [1.54, 1.807) is 32.0 Å². The van der Waals surface area contributed by atoms with Crippen LogP contribution in [0.1, 0.15) is 19.4 Å². The van der Waals surface area contributed by atoms with Crippen LogP contribution >= 0.6 is 0 Å². The van der Waals surface area contributed by atoms with Crippen molar-refractivity contribution in [1.29, 1.82) is 0 Å². The van der Waals surface area contributed by atoms with Gasteiger partial charge in [-0.3, -0.25) is 19.3 Å². The largest absolute Gasteiger partial charge is 0.454 e. The quantitative estimate of drug-likeness (QED) is 0.540. The van der Waals surface area contributed by atoms with Gasteiger partial charge in [0, 0.05) is 13.0 Å². The van der Waals surface area contributed by atoms with Crippen molar-refractivity contribution in [3.05, 3.63) is 23.8 Å². The number of carbonyl (C=O) groups is 4. The number of ether oxygens (including phenoxy) is 2. The van der Waals surface area contributed by atoms with Gasteiger partial charge in [-0.25, -0.2) is 4.79 Å². The second kappa shape index (κ2) is 7.75. The van der Waals surface area contributed by atoms with Crippen LogP contribution in [0, 0.1) is 0 Å². The highest BCUT2D eigenvalue weighted by Crippen LogP contribution is 2.34. The van der Waals surface area contributed by atoms with E-state index in [4.69, 9.17) is 9.47 Å². The molecule has 5 amide bonds. The van der Waals surface area contributed by atoms with Crippen LogP contribution in [0.2, 0.25) is 0 Å². The van der Waals surface area contributed by atoms with Crippen molar-refractivity contribution in [2.75, 3.05) is 26.4 Å². The maximum atomic E-state index is 12.8. The standard InChI is InChI=1S/C18H22N4O6/c1-3-19-14(23)8-20-15(24)9-22-16(25)18(2,21-17(22)26)7-11-4-5-12-13(6-11)28-10-27-12/h4-6H,3,7-10H2,1-2H3,(H,19,23)(H,20,24)(H,21,26)/t18-/m0/s1. The predicted molar refractivity (Wildman–Crippen MR) is 96.6 cm³/mol. The molecule has 3 rings (SSSR count). The summed E-state index contributed by atoms with van der Waals surface area (Å²) in [5.74, 6) is -0.244. The lowest BCUT2D eigenvalue weighted by molar-refractivity contribution is -0.134. The number of hydrogen-bond acceptors (Lipinski definition) is 6. The molecule has 1 atom stereocenters. The number of amides is 5. The van der Waals surface area contributed by atoms with E-state index in [0.717, 1.165) is 10.5 Å². The Hall–Kier alpha value is -3.30. The van der Waals surface area contributed by atoms with E-state index in [0.29, 0.717) is 18.0 Å². The summed E-state index contributed by atoms with van der Waals surface area (Å²) in [7, 11) is 0. The van der Waals surface area contributed by atoms with Gasteiger partial charge in [-0.2, -0.15) is 0 Å². The molecule has 1 aromatic rings. The zero-order chi connectivity index (χ0) is 20.3. The number of urea groups is 1. The molecule has 1 saturated heterocycles. The van der Waals surface area contributed by atoms with Crippen molar-refractivity contribution >= 4 is 23.8 Å². The zero-order valence-corrected chi connectivity index (χ0v) is 15.7. The SMILES string of the molecule is CCNC(=O)CNC(=O)CN1C(=O)N[C@@](C)(Cc2ccc3c(c2)OCO3)C1=O. The highest BCUT2D eigenvalue weighted by atomic mass is 16.7. The molecular weight excluding hydrogens is 368 g/mol. The summed E-state index contributed by atoms with van der Waals surface area (Å²) < 4.78 is 10.6. The van der Waals surface area contributed by atoms with Gasteiger partial charge in [0.2, 0.25) is 18.6 Å². The molecule has 0 aromatic heterocycles. The van der Waals surface area contributed by atoms with Crippen LogP contribution in [-0.2, 0) is 20.8 Å². The van der Waals surface area contributed by atoms with Gasteiger partial charge in [-0.15, -0.1) is 0 Å². The number of nitrogens with one attached hydrogen (secondary N) is 3. The fourth-order valence-electron chi connectivity index (χ4n) is 3.11. The molecule has 0 radical (unpaired) electrons. The van der Waals surface area contributed by atoms with Gasteiger partial charge in [-0.1, -0.05) is 6.07 Å². The van der Waals surface area contributed by atoms with Gasteiger partial charge < -0.3 is 25.4 Å². The summed E-state index contributed by atoms with van der Waals surface area (Å²) in [4.78, 5) is 49.3.